The fourth-order valence-corrected chi connectivity index (χ4v) is 0. The molecule has 0 aromatic heterocycles. The van der Waals surface area contributed by atoms with Crippen LogP contribution >= 0.6 is 0 Å². The molecule has 0 saturated heterocycles. The summed E-state index contributed by atoms with van der Waals surface area (Å²) in [5.74, 6) is 0. The van der Waals surface area contributed by atoms with Crippen molar-refractivity contribution >= 4 is 6.79 Å². The number of hydrogen-bond donors (Lipinski definition) is 0. The zero-order chi connectivity index (χ0) is 2.00. The Kier molecular flexibility index (Phi) is 97.8. The average Bonchev–Trinajstić information content (AvgIpc) is 1.00. The van der Waals surface area contributed by atoms with Crippen LogP contribution in [0.5, 0.6) is 0 Å². The van der Waals surface area contributed by atoms with Gasteiger partial charge in [-0.05, 0) is 0 Å². The molecule has 0 bridgehead atoms. The Morgan fingerprint density at radius 1 is 1.25 bits per heavy atom. The van der Waals surface area contributed by atoms with Crippen LogP contribution in [0.2, 0.25) is 0 Å². The summed E-state index contributed by atoms with van der Waals surface area (Å²) in [5.41, 5.74) is 0. The van der Waals surface area contributed by atoms with Crippen LogP contribution in [0.4, 0.5) is 0 Å². The van der Waals surface area contributed by atoms with Gasteiger partial charge in [0.2, 0.25) is 0 Å². The molecular formula is CH4Na2O. The third kappa shape index (κ3) is 9.38. The quantitative estimate of drug-likeness (QED) is 0.264. The molecule has 0 unspecified atom stereocenters. The summed E-state index contributed by atoms with van der Waals surface area (Å²) in [6.45, 7) is 2.00. The van der Waals surface area contributed by atoms with E-state index >= 15 is 0 Å². The second-order valence-corrected chi connectivity index (χ2v) is 0. The molecule has 4 heavy (non-hydrogen) atoms. The van der Waals surface area contributed by atoms with E-state index in [-0.39, 0.29) is 62.0 Å². The van der Waals surface area contributed by atoms with E-state index in [9.17, 15) is 0 Å². The largest absolute Gasteiger partial charge is 1.00 e. The van der Waals surface area contributed by atoms with Crippen LogP contribution in [-0.2, 0) is 4.79 Å². The minimum absolute atomic E-state index is 0. The molecule has 0 spiro atoms. The summed E-state index contributed by atoms with van der Waals surface area (Å²) in [6.07, 6.45) is 0. The topological polar surface area (TPSA) is 17.1 Å². The molecule has 0 amide bonds. The van der Waals surface area contributed by atoms with Crippen LogP contribution in [0.3, 0.4) is 0 Å². The molecule has 1 nitrogen and oxygen atoms in total. The van der Waals surface area contributed by atoms with Gasteiger partial charge in [-0.1, -0.05) is 0 Å². The maximum absolute atomic E-state index is 8.00. The summed E-state index contributed by atoms with van der Waals surface area (Å²) in [4.78, 5) is 8.00. The first-order valence-electron chi connectivity index (χ1n) is 0.289. The Morgan fingerprint density at radius 2 is 1.25 bits per heavy atom. The van der Waals surface area contributed by atoms with E-state index in [0.29, 0.717) is 0 Å². The Labute approximate surface area is 72.7 Å². The van der Waals surface area contributed by atoms with Gasteiger partial charge in [0.25, 0.3) is 0 Å². The van der Waals surface area contributed by atoms with Crippen molar-refractivity contribution in [1.82, 2.24) is 0 Å². The van der Waals surface area contributed by atoms with Crippen molar-refractivity contribution in [2.24, 2.45) is 0 Å². The predicted octanol–water partition coefficient (Wildman–Crippen LogP) is -5.95. The molecule has 0 atom stereocenters. The van der Waals surface area contributed by atoms with E-state index in [1.165, 1.54) is 0 Å². The fourth-order valence-electron chi connectivity index (χ4n) is 0. The van der Waals surface area contributed by atoms with E-state index in [0.717, 1.165) is 0 Å². The Morgan fingerprint density at radius 3 is 1.25 bits per heavy atom. The van der Waals surface area contributed by atoms with Crippen molar-refractivity contribution in [2.45, 2.75) is 0 Å². The van der Waals surface area contributed by atoms with Crippen LogP contribution in [-0.4, -0.2) is 6.79 Å². The Hall–Kier alpha value is 1.67. The summed E-state index contributed by atoms with van der Waals surface area (Å²) < 4.78 is 0. The Balaban J connectivity index is -0.000000000833. The standard InChI is InChI=1S/CH2O.2Na.2H/c1-2;;;;/h1H2;;;;/q;2*+1;2*-1. The van der Waals surface area contributed by atoms with Gasteiger partial charge >= 0.3 is 59.1 Å². The van der Waals surface area contributed by atoms with Gasteiger partial charge in [0.15, 0.2) is 0 Å². The van der Waals surface area contributed by atoms with Gasteiger partial charge in [-0.25, -0.2) is 0 Å². The number of rotatable bonds is 0. The summed E-state index contributed by atoms with van der Waals surface area (Å²) in [5, 5.41) is 0. The number of hydrogen-bond acceptors (Lipinski definition) is 1. The van der Waals surface area contributed by atoms with Crippen LogP contribution in [0.25, 0.3) is 0 Å². The van der Waals surface area contributed by atoms with Crippen LogP contribution < -0.4 is 59.1 Å². The van der Waals surface area contributed by atoms with Gasteiger partial charge < -0.3 is 7.65 Å². The third-order valence-electron chi connectivity index (χ3n) is 0. The molecule has 0 radical (unpaired) electrons. The molecule has 0 N–H and O–H groups in total. The minimum atomic E-state index is 0. The SMILES string of the molecule is C=O.[H-].[H-].[Na+].[Na+]. The van der Waals surface area contributed by atoms with Crippen LogP contribution in [0.1, 0.15) is 2.85 Å². The normalized spacial score (nSPS) is 1.00. The van der Waals surface area contributed by atoms with E-state index in [4.69, 9.17) is 4.79 Å². The van der Waals surface area contributed by atoms with Gasteiger partial charge in [0.1, 0.15) is 6.79 Å². The number of carbonyl (C=O) groups is 1. The van der Waals surface area contributed by atoms with E-state index in [1.54, 1.807) is 0 Å². The fraction of sp³-hybridized carbons (Fsp3) is 0. The first-order chi connectivity index (χ1) is 1.00. The van der Waals surface area contributed by atoms with Gasteiger partial charge in [-0.3, -0.25) is 0 Å². The van der Waals surface area contributed by atoms with Crippen molar-refractivity contribution in [2.75, 3.05) is 0 Å². The monoisotopic (exact) mass is 78.0 g/mol. The smallest absolute Gasteiger partial charge is 1.00 e. The van der Waals surface area contributed by atoms with Crippen molar-refractivity contribution in [3.8, 4) is 0 Å². The molecule has 0 aromatic rings. The molecule has 3 heteroatoms. The Bertz CT molecular complexity index is 11.5. The molecule has 0 rings (SSSR count). The van der Waals surface area contributed by atoms with Crippen molar-refractivity contribution in [3.63, 3.8) is 0 Å². The first kappa shape index (κ1) is 17.3. The summed E-state index contributed by atoms with van der Waals surface area (Å²) in [6, 6.07) is 0. The first-order valence-corrected chi connectivity index (χ1v) is 0.289. The molecule has 0 saturated carbocycles. The van der Waals surface area contributed by atoms with Crippen LogP contribution in [0, 0.1) is 0 Å². The molecule has 0 fully saturated rings. The molecule has 0 aromatic carbocycles. The van der Waals surface area contributed by atoms with E-state index in [1.807, 2.05) is 6.79 Å². The second kappa shape index (κ2) is 22.6. The number of carbonyl (C=O) groups excluding carboxylic acids is 1. The molecule has 0 heterocycles. The molecule has 16 valence electrons. The molecular weight excluding hydrogens is 74.0 g/mol. The van der Waals surface area contributed by atoms with Crippen molar-refractivity contribution < 1.29 is 66.8 Å². The molecule has 0 aliphatic carbocycles. The second-order valence-electron chi connectivity index (χ2n) is 0. The zero-order valence-corrected chi connectivity index (χ0v) is 7.12. The van der Waals surface area contributed by atoms with Gasteiger partial charge in [0.05, 0.1) is 0 Å². The van der Waals surface area contributed by atoms with Gasteiger partial charge in [-0.2, -0.15) is 0 Å². The van der Waals surface area contributed by atoms with Gasteiger partial charge in [-0.15, -0.1) is 0 Å². The molecule has 0 aliphatic heterocycles. The minimum Gasteiger partial charge on any atom is -1.00 e. The zero-order valence-electron chi connectivity index (χ0n) is 5.12. The maximum Gasteiger partial charge on any atom is 1.00 e. The van der Waals surface area contributed by atoms with Crippen molar-refractivity contribution in [1.29, 1.82) is 0 Å². The maximum atomic E-state index is 8.00. The third-order valence-corrected chi connectivity index (χ3v) is 0. The summed E-state index contributed by atoms with van der Waals surface area (Å²) in [7, 11) is 0. The van der Waals surface area contributed by atoms with E-state index < -0.39 is 0 Å². The average molecular weight is 78.0 g/mol. The predicted molar refractivity (Wildman–Crippen MR) is 9.35 cm³/mol. The van der Waals surface area contributed by atoms with E-state index in [2.05, 4.69) is 0 Å². The summed E-state index contributed by atoms with van der Waals surface area (Å²) >= 11 is 0. The van der Waals surface area contributed by atoms with Crippen LogP contribution in [0.15, 0.2) is 0 Å². The molecule has 0 aliphatic rings. The van der Waals surface area contributed by atoms with Crippen molar-refractivity contribution in [3.05, 3.63) is 0 Å². The van der Waals surface area contributed by atoms with Gasteiger partial charge in [0, 0.05) is 0 Å².